The maximum Gasteiger partial charge on any atom is 0.150 e. The minimum atomic E-state index is -2.88. The number of nitrogens with zero attached hydrogens (tertiary/aromatic N) is 2. The van der Waals surface area contributed by atoms with Crippen molar-refractivity contribution in [3.8, 4) is 0 Å². The molecule has 2 atom stereocenters. The van der Waals surface area contributed by atoms with Crippen LogP contribution >= 0.6 is 0 Å². The Balaban J connectivity index is 2.08. The lowest BCUT2D eigenvalue weighted by Crippen LogP contribution is -2.23. The van der Waals surface area contributed by atoms with Crippen molar-refractivity contribution in [1.29, 1.82) is 0 Å². The zero-order valence-corrected chi connectivity index (χ0v) is 11.7. The largest absolute Gasteiger partial charge is 0.396 e. The summed E-state index contributed by atoms with van der Waals surface area (Å²) in [5.41, 5.74) is 2.00. The molecule has 0 aliphatic carbocycles. The molecule has 2 rings (SSSR count). The van der Waals surface area contributed by atoms with Crippen molar-refractivity contribution in [2.75, 3.05) is 18.1 Å². The number of aliphatic hydroxyl groups excluding tert-OH is 1. The molecule has 1 N–H and O–H groups in total. The van der Waals surface area contributed by atoms with Crippen LogP contribution in [0.25, 0.3) is 0 Å². The molecule has 0 saturated carbocycles. The van der Waals surface area contributed by atoms with Crippen molar-refractivity contribution in [3.05, 3.63) is 17.5 Å². The molecule has 0 radical (unpaired) electrons. The Morgan fingerprint density at radius 2 is 2.33 bits per heavy atom. The molecule has 2 heterocycles. The summed E-state index contributed by atoms with van der Waals surface area (Å²) < 4.78 is 24.8. The van der Waals surface area contributed by atoms with Gasteiger partial charge in [-0.25, -0.2) is 8.42 Å². The van der Waals surface area contributed by atoms with Gasteiger partial charge in [0.1, 0.15) is 0 Å². The molecule has 0 spiro atoms. The van der Waals surface area contributed by atoms with Crippen LogP contribution in [0.4, 0.5) is 0 Å². The van der Waals surface area contributed by atoms with Gasteiger partial charge >= 0.3 is 0 Å². The van der Waals surface area contributed by atoms with Gasteiger partial charge in [-0.05, 0) is 37.7 Å². The Hall–Kier alpha value is -0.880. The minimum absolute atomic E-state index is 0.0112. The summed E-state index contributed by atoms with van der Waals surface area (Å²) in [5.74, 6) is 0.570. The molecule has 1 aromatic heterocycles. The molecule has 0 amide bonds. The van der Waals surface area contributed by atoms with Crippen molar-refractivity contribution in [1.82, 2.24) is 9.78 Å². The average Bonchev–Trinajstić information content (AvgIpc) is 2.78. The van der Waals surface area contributed by atoms with Crippen LogP contribution in [-0.4, -0.2) is 41.4 Å². The van der Waals surface area contributed by atoms with Gasteiger partial charge in [0.05, 0.1) is 17.2 Å². The lowest BCUT2D eigenvalue weighted by atomic mass is 9.88. The second-order valence-corrected chi connectivity index (χ2v) is 7.44. The van der Waals surface area contributed by atoms with Gasteiger partial charge in [0.15, 0.2) is 9.84 Å². The number of aromatic nitrogens is 2. The third-order valence-corrected chi connectivity index (χ3v) is 5.53. The van der Waals surface area contributed by atoms with E-state index in [2.05, 4.69) is 5.10 Å². The van der Waals surface area contributed by atoms with Crippen molar-refractivity contribution >= 4 is 9.84 Å². The minimum Gasteiger partial charge on any atom is -0.396 e. The monoisotopic (exact) mass is 272 g/mol. The Morgan fingerprint density at radius 3 is 2.78 bits per heavy atom. The van der Waals surface area contributed by atoms with Crippen LogP contribution in [-0.2, 0) is 23.3 Å². The van der Waals surface area contributed by atoms with Gasteiger partial charge in [0, 0.05) is 19.3 Å². The summed E-state index contributed by atoms with van der Waals surface area (Å²) in [6.45, 7) is 1.96. The smallest absolute Gasteiger partial charge is 0.150 e. The summed E-state index contributed by atoms with van der Waals surface area (Å²) in [4.78, 5) is 0. The molecule has 0 bridgehead atoms. The fourth-order valence-electron chi connectivity index (χ4n) is 2.70. The fourth-order valence-corrected chi connectivity index (χ4v) is 4.62. The summed E-state index contributed by atoms with van der Waals surface area (Å²) in [7, 11) is -1.00. The molecule has 1 aliphatic heterocycles. The van der Waals surface area contributed by atoms with Gasteiger partial charge in [0.25, 0.3) is 0 Å². The van der Waals surface area contributed by atoms with E-state index in [0.717, 1.165) is 11.4 Å². The number of aryl methyl sites for hydroxylation is 2. The highest BCUT2D eigenvalue weighted by Gasteiger charge is 2.33. The molecule has 6 heteroatoms. The molecule has 0 aromatic carbocycles. The van der Waals surface area contributed by atoms with Crippen molar-refractivity contribution in [2.24, 2.45) is 18.9 Å². The predicted octanol–water partition coefficient (Wildman–Crippen LogP) is 0.314. The van der Waals surface area contributed by atoms with E-state index in [4.69, 9.17) is 0 Å². The number of aliphatic hydroxyl groups is 1. The zero-order valence-electron chi connectivity index (χ0n) is 10.8. The van der Waals surface area contributed by atoms with Crippen LogP contribution in [0.2, 0.25) is 0 Å². The first-order valence-corrected chi connectivity index (χ1v) is 8.04. The van der Waals surface area contributed by atoms with Gasteiger partial charge in [-0.1, -0.05) is 0 Å². The fraction of sp³-hybridized carbons (Fsp3) is 0.750. The third-order valence-electron chi connectivity index (χ3n) is 3.74. The summed E-state index contributed by atoms with van der Waals surface area (Å²) in [6, 6.07) is 1.99. The van der Waals surface area contributed by atoms with Crippen LogP contribution in [0.15, 0.2) is 6.07 Å². The molecule has 102 valence electrons. The normalized spacial score (nSPS) is 24.3. The summed E-state index contributed by atoms with van der Waals surface area (Å²) >= 11 is 0. The predicted molar refractivity (Wildman–Crippen MR) is 69.0 cm³/mol. The van der Waals surface area contributed by atoms with Crippen molar-refractivity contribution in [2.45, 2.75) is 19.8 Å². The quantitative estimate of drug-likeness (QED) is 0.856. The van der Waals surface area contributed by atoms with Gasteiger partial charge in [0.2, 0.25) is 0 Å². The van der Waals surface area contributed by atoms with Gasteiger partial charge in [-0.3, -0.25) is 4.68 Å². The van der Waals surface area contributed by atoms with E-state index in [1.165, 1.54) is 0 Å². The van der Waals surface area contributed by atoms with Crippen molar-refractivity contribution < 1.29 is 13.5 Å². The van der Waals surface area contributed by atoms with Crippen LogP contribution in [0, 0.1) is 18.8 Å². The Kier molecular flexibility index (Phi) is 3.77. The van der Waals surface area contributed by atoms with E-state index in [9.17, 15) is 13.5 Å². The molecular formula is C12H20N2O3S. The molecule has 5 nitrogen and oxygen atoms in total. The van der Waals surface area contributed by atoms with E-state index in [0.29, 0.717) is 12.8 Å². The molecule has 1 fully saturated rings. The second kappa shape index (κ2) is 5.01. The van der Waals surface area contributed by atoms with Gasteiger partial charge in [-0.2, -0.15) is 5.10 Å². The molecule has 1 aliphatic rings. The third kappa shape index (κ3) is 2.92. The standard InChI is InChI=1S/C12H20N2O3S/c1-9-5-12(14(2)13-9)6-11(7-15)10-3-4-18(16,17)8-10/h5,10-11,15H,3-4,6-8H2,1-2H3. The molecule has 1 aromatic rings. The molecule has 1 saturated heterocycles. The lowest BCUT2D eigenvalue weighted by molar-refractivity contribution is 0.182. The van der Waals surface area contributed by atoms with Crippen LogP contribution < -0.4 is 0 Å². The highest BCUT2D eigenvalue weighted by atomic mass is 32.2. The number of rotatable bonds is 4. The van der Waals surface area contributed by atoms with E-state index in [1.807, 2.05) is 20.0 Å². The highest BCUT2D eigenvalue weighted by Crippen LogP contribution is 2.28. The Bertz CT molecular complexity index is 521. The van der Waals surface area contributed by atoms with Gasteiger partial charge < -0.3 is 5.11 Å². The first-order valence-electron chi connectivity index (χ1n) is 6.22. The first kappa shape index (κ1) is 13.5. The summed E-state index contributed by atoms with van der Waals surface area (Å²) in [6.07, 6.45) is 1.36. The Morgan fingerprint density at radius 1 is 1.61 bits per heavy atom. The second-order valence-electron chi connectivity index (χ2n) is 5.21. The zero-order chi connectivity index (χ0) is 13.3. The first-order chi connectivity index (χ1) is 8.41. The topological polar surface area (TPSA) is 72.2 Å². The van der Waals surface area contributed by atoms with E-state index < -0.39 is 9.84 Å². The highest BCUT2D eigenvalue weighted by molar-refractivity contribution is 7.91. The maximum atomic E-state index is 11.5. The molecule has 2 unspecified atom stereocenters. The SMILES string of the molecule is Cc1cc(CC(CO)C2CCS(=O)(=O)C2)n(C)n1. The average molecular weight is 272 g/mol. The number of sulfone groups is 1. The summed E-state index contributed by atoms with van der Waals surface area (Å²) in [5, 5.41) is 13.8. The van der Waals surface area contributed by atoms with Gasteiger partial charge in [-0.15, -0.1) is 0 Å². The molecular weight excluding hydrogens is 252 g/mol. The van der Waals surface area contributed by atoms with E-state index in [1.54, 1.807) is 4.68 Å². The maximum absolute atomic E-state index is 11.5. The van der Waals surface area contributed by atoms with Crippen LogP contribution in [0.3, 0.4) is 0 Å². The number of hydrogen-bond acceptors (Lipinski definition) is 4. The molecule has 18 heavy (non-hydrogen) atoms. The van der Waals surface area contributed by atoms with Crippen LogP contribution in [0.1, 0.15) is 17.8 Å². The van der Waals surface area contributed by atoms with Crippen molar-refractivity contribution in [3.63, 3.8) is 0 Å². The van der Waals surface area contributed by atoms with E-state index >= 15 is 0 Å². The number of hydrogen-bond donors (Lipinski definition) is 1. The Labute approximate surface area is 108 Å². The lowest BCUT2D eigenvalue weighted by Gasteiger charge is -2.20. The van der Waals surface area contributed by atoms with E-state index in [-0.39, 0.29) is 29.9 Å². The van der Waals surface area contributed by atoms with Crippen LogP contribution in [0.5, 0.6) is 0 Å².